The molecule has 0 amide bonds. The van der Waals surface area contributed by atoms with E-state index in [1.807, 2.05) is 30.6 Å². The van der Waals surface area contributed by atoms with Crippen molar-refractivity contribution >= 4 is 11.3 Å². The first-order chi connectivity index (χ1) is 24.6. The molecule has 1 aromatic heterocycles. The molecule has 0 spiro atoms. The molecule has 2 unspecified atom stereocenters. The van der Waals surface area contributed by atoms with Crippen LogP contribution in [0.4, 0.5) is 0 Å². The maximum atomic E-state index is 6.47. The molecule has 0 bridgehead atoms. The molecule has 2 atom stereocenters. The van der Waals surface area contributed by atoms with Crippen LogP contribution in [0.1, 0.15) is 42.0 Å². The van der Waals surface area contributed by atoms with E-state index in [0.717, 1.165) is 50.4 Å². The normalized spacial score (nSPS) is 16.7. The Bertz CT molecular complexity index is 2260. The average molecular weight is 647 g/mol. The number of aromatic nitrogens is 1. The second-order valence-electron chi connectivity index (χ2n) is 13.1. The van der Waals surface area contributed by atoms with Gasteiger partial charge in [0, 0.05) is 29.4 Å². The molecule has 6 aromatic rings. The van der Waals surface area contributed by atoms with Crippen LogP contribution in [0, 0.1) is 0 Å². The summed E-state index contributed by atoms with van der Waals surface area (Å²) in [7, 11) is 0. The van der Waals surface area contributed by atoms with Crippen molar-refractivity contribution in [2.24, 2.45) is 4.99 Å². The molecule has 0 N–H and O–H groups in total. The number of pyridine rings is 1. The van der Waals surface area contributed by atoms with E-state index in [9.17, 15) is 0 Å². The molecular formula is C47H38N2O. The summed E-state index contributed by atoms with van der Waals surface area (Å²) in [6.45, 7) is 4.91. The third-order valence-electron chi connectivity index (χ3n) is 9.62. The van der Waals surface area contributed by atoms with Crippen molar-refractivity contribution in [1.29, 1.82) is 0 Å². The van der Waals surface area contributed by atoms with E-state index in [1.54, 1.807) is 0 Å². The number of allylic oxidation sites excluding steroid dienone is 4. The van der Waals surface area contributed by atoms with Crippen LogP contribution in [0.5, 0.6) is 5.75 Å². The fourth-order valence-corrected chi connectivity index (χ4v) is 6.86. The molecule has 1 aliphatic carbocycles. The van der Waals surface area contributed by atoms with Crippen LogP contribution < -0.4 is 4.74 Å². The average Bonchev–Trinajstić information content (AvgIpc) is 3.54. The number of fused-ring (bicyclic) bond motifs is 3. The molecular weight excluding hydrogens is 609 g/mol. The zero-order valence-electron chi connectivity index (χ0n) is 28.3. The van der Waals surface area contributed by atoms with Gasteiger partial charge >= 0.3 is 0 Å². The second kappa shape index (κ2) is 13.8. The number of benzene rings is 5. The van der Waals surface area contributed by atoms with Crippen molar-refractivity contribution in [3.63, 3.8) is 0 Å². The molecule has 3 heteroatoms. The summed E-state index contributed by atoms with van der Waals surface area (Å²) in [6.07, 6.45) is 12.7. The first kappa shape index (κ1) is 31.2. The van der Waals surface area contributed by atoms with Gasteiger partial charge in [0.2, 0.25) is 0 Å². The van der Waals surface area contributed by atoms with Gasteiger partial charge in [-0.2, -0.15) is 0 Å². The van der Waals surface area contributed by atoms with E-state index >= 15 is 0 Å². The van der Waals surface area contributed by atoms with Crippen LogP contribution in [0.25, 0.3) is 39.0 Å². The predicted octanol–water partition coefficient (Wildman–Crippen LogP) is 11.5. The van der Waals surface area contributed by atoms with E-state index in [0.29, 0.717) is 6.54 Å². The van der Waals surface area contributed by atoms with Gasteiger partial charge < -0.3 is 4.74 Å². The number of ether oxygens (including phenoxy) is 1. The third kappa shape index (κ3) is 6.63. The maximum absolute atomic E-state index is 6.47. The minimum absolute atomic E-state index is 0.0584. The molecule has 2 aliphatic rings. The Morgan fingerprint density at radius 2 is 1.40 bits per heavy atom. The largest absolute Gasteiger partial charge is 0.485 e. The van der Waals surface area contributed by atoms with E-state index in [1.165, 1.54) is 27.8 Å². The van der Waals surface area contributed by atoms with Crippen LogP contribution in [-0.4, -0.2) is 16.8 Å². The highest BCUT2D eigenvalue weighted by Crippen LogP contribution is 2.44. The third-order valence-corrected chi connectivity index (χ3v) is 9.62. The van der Waals surface area contributed by atoms with Gasteiger partial charge in [0.25, 0.3) is 0 Å². The molecule has 242 valence electrons. The molecule has 0 fully saturated rings. The second-order valence-corrected chi connectivity index (χ2v) is 13.1. The highest BCUT2D eigenvalue weighted by Gasteiger charge is 2.33. The predicted molar refractivity (Wildman–Crippen MR) is 207 cm³/mol. The standard InChI is InChI=1S/C47H38N2O/c1-32-15-21-43-44-22-20-38(29-47(44)50-46(43)24-32)41-26-40(27-42(28-41)39-14-9-23-48-31-39)33(2)25-45(49-30-34-10-5-3-6-11-34)37-18-16-36(17-19-37)35-12-7-4-8-13-35/h3-29,31,43,46H,30H2,1-2H3/b33-25+,49-45?. The van der Waals surface area contributed by atoms with Crippen LogP contribution >= 0.6 is 0 Å². The molecule has 3 nitrogen and oxygen atoms in total. The zero-order chi connectivity index (χ0) is 33.9. The lowest BCUT2D eigenvalue weighted by atomic mass is 9.88. The van der Waals surface area contributed by atoms with Crippen molar-refractivity contribution < 1.29 is 4.74 Å². The number of hydrogen-bond acceptors (Lipinski definition) is 3. The number of nitrogens with zero attached hydrogens (tertiary/aromatic N) is 2. The quantitative estimate of drug-likeness (QED) is 0.154. The summed E-state index contributed by atoms with van der Waals surface area (Å²) in [4.78, 5) is 9.61. The summed E-state index contributed by atoms with van der Waals surface area (Å²) in [5.41, 5.74) is 14.8. The lowest BCUT2D eigenvalue weighted by molar-refractivity contribution is 0.268. The van der Waals surface area contributed by atoms with Crippen LogP contribution in [0.15, 0.2) is 181 Å². The van der Waals surface area contributed by atoms with E-state index in [2.05, 4.69) is 158 Å². The lowest BCUT2D eigenvalue weighted by Gasteiger charge is -2.16. The smallest absolute Gasteiger partial charge is 0.128 e. The number of rotatable bonds is 8. The number of hydrogen-bond donors (Lipinski definition) is 0. The minimum atomic E-state index is 0.0584. The van der Waals surface area contributed by atoms with Gasteiger partial charge in [0.1, 0.15) is 11.9 Å². The van der Waals surface area contributed by atoms with Crippen LogP contribution in [0.3, 0.4) is 0 Å². The molecule has 5 aromatic carbocycles. The maximum Gasteiger partial charge on any atom is 0.128 e. The fourth-order valence-electron chi connectivity index (χ4n) is 6.86. The summed E-state index contributed by atoms with van der Waals surface area (Å²) < 4.78 is 6.47. The molecule has 1 aliphatic heterocycles. The van der Waals surface area contributed by atoms with Gasteiger partial charge in [-0.15, -0.1) is 0 Å². The zero-order valence-corrected chi connectivity index (χ0v) is 28.3. The Balaban J connectivity index is 1.19. The highest BCUT2D eigenvalue weighted by molar-refractivity contribution is 6.12. The van der Waals surface area contributed by atoms with Gasteiger partial charge in [-0.25, -0.2) is 0 Å². The first-order valence-electron chi connectivity index (χ1n) is 17.2. The molecule has 0 saturated heterocycles. The van der Waals surface area contributed by atoms with Gasteiger partial charge in [-0.05, 0) is 106 Å². The number of aliphatic imine (C=N–C) groups is 1. The topological polar surface area (TPSA) is 34.5 Å². The first-order valence-corrected chi connectivity index (χ1v) is 17.2. The minimum Gasteiger partial charge on any atom is -0.485 e. The molecule has 2 heterocycles. The SMILES string of the molecule is CC1=CC2Oc3cc(-c4cc(/C(C)=C/C(=NCc5ccccc5)c5ccc(-c6ccccc6)cc5)cc(-c5cccnc5)c4)ccc3C2C=C1. The summed E-state index contributed by atoms with van der Waals surface area (Å²) in [5.74, 6) is 1.23. The highest BCUT2D eigenvalue weighted by atomic mass is 16.5. The van der Waals surface area contributed by atoms with Crippen molar-refractivity contribution in [2.45, 2.75) is 32.4 Å². The summed E-state index contributed by atoms with van der Waals surface area (Å²) in [6, 6.07) is 47.3. The molecule has 50 heavy (non-hydrogen) atoms. The van der Waals surface area contributed by atoms with Crippen molar-refractivity contribution in [3.8, 4) is 39.1 Å². The Kier molecular flexibility index (Phi) is 8.63. The van der Waals surface area contributed by atoms with Gasteiger partial charge in [0.05, 0.1) is 12.3 Å². The van der Waals surface area contributed by atoms with Crippen LogP contribution in [0.2, 0.25) is 0 Å². The Morgan fingerprint density at radius 3 is 2.16 bits per heavy atom. The van der Waals surface area contributed by atoms with E-state index < -0.39 is 0 Å². The van der Waals surface area contributed by atoms with Crippen LogP contribution in [-0.2, 0) is 6.54 Å². The summed E-state index contributed by atoms with van der Waals surface area (Å²) in [5, 5.41) is 0. The van der Waals surface area contributed by atoms with E-state index in [-0.39, 0.29) is 12.0 Å². The monoisotopic (exact) mass is 646 g/mol. The lowest BCUT2D eigenvalue weighted by Crippen LogP contribution is -2.16. The van der Waals surface area contributed by atoms with Gasteiger partial charge in [-0.1, -0.05) is 121 Å². The van der Waals surface area contributed by atoms with Crippen molar-refractivity contribution in [1.82, 2.24) is 4.98 Å². The molecule has 0 saturated carbocycles. The molecule has 8 rings (SSSR count). The van der Waals surface area contributed by atoms with E-state index in [4.69, 9.17) is 9.73 Å². The van der Waals surface area contributed by atoms with Gasteiger partial charge in [-0.3, -0.25) is 9.98 Å². The Hall–Kier alpha value is -6.06. The van der Waals surface area contributed by atoms with Crippen molar-refractivity contribution in [2.75, 3.05) is 0 Å². The summed E-state index contributed by atoms with van der Waals surface area (Å²) >= 11 is 0. The van der Waals surface area contributed by atoms with Gasteiger partial charge in [0.15, 0.2) is 0 Å². The Labute approximate surface area is 294 Å². The van der Waals surface area contributed by atoms with Crippen molar-refractivity contribution in [3.05, 3.63) is 198 Å². The molecule has 0 radical (unpaired) electrons. The Morgan fingerprint density at radius 1 is 0.700 bits per heavy atom. The fraction of sp³-hybridized carbons (Fsp3) is 0.106.